The smallest absolute Gasteiger partial charge is 0.262 e. The van der Waals surface area contributed by atoms with Gasteiger partial charge in [-0.05, 0) is 56.0 Å². The summed E-state index contributed by atoms with van der Waals surface area (Å²) < 4.78 is 6.43. The van der Waals surface area contributed by atoms with Crippen molar-refractivity contribution in [1.29, 1.82) is 0 Å². The number of nitrogens with one attached hydrogen (secondary N) is 1. The van der Waals surface area contributed by atoms with Gasteiger partial charge in [0.2, 0.25) is 5.91 Å². The molecule has 0 spiro atoms. The average Bonchev–Trinajstić information content (AvgIpc) is 3.33. The van der Waals surface area contributed by atoms with Crippen molar-refractivity contribution >= 4 is 44.7 Å². The number of carbonyl (C=O) groups is 3. The largest absolute Gasteiger partial charge is 0.491 e. The average molecular weight is 550 g/mol. The summed E-state index contributed by atoms with van der Waals surface area (Å²) in [6.45, 7) is 6.86. The van der Waals surface area contributed by atoms with Crippen LogP contribution in [-0.4, -0.2) is 47.7 Å². The lowest BCUT2D eigenvalue weighted by molar-refractivity contribution is -0.132. The van der Waals surface area contributed by atoms with Crippen molar-refractivity contribution in [3.8, 4) is 5.75 Å². The predicted octanol–water partition coefficient (Wildman–Crippen LogP) is 3.19. The summed E-state index contributed by atoms with van der Waals surface area (Å²) in [5.41, 5.74) is 20.4. The maximum Gasteiger partial charge on any atom is 0.262 e. The number of piperidine rings is 1. The molecule has 2 aliphatic rings. The zero-order valence-electron chi connectivity index (χ0n) is 22.5. The van der Waals surface area contributed by atoms with Gasteiger partial charge in [-0.3, -0.25) is 14.4 Å². The number of rotatable bonds is 6. The molecule has 10 heteroatoms. The van der Waals surface area contributed by atoms with E-state index in [4.69, 9.17) is 21.9 Å². The molecule has 2 amide bonds. The Labute approximate surface area is 231 Å². The van der Waals surface area contributed by atoms with Gasteiger partial charge in [0.15, 0.2) is 5.78 Å². The Morgan fingerprint density at radius 2 is 1.92 bits per heavy atom. The van der Waals surface area contributed by atoms with E-state index in [1.807, 2.05) is 20.8 Å². The van der Waals surface area contributed by atoms with Crippen LogP contribution in [-0.2, 0) is 15.1 Å². The number of nitrogen functional groups attached to an aromatic ring is 1. The first-order valence-corrected chi connectivity index (χ1v) is 14.2. The SMILES string of the molecule is CCC(=O)N1CCCC(NC(=O)c2sc3c(N)ccc4c3c2C(N)C(=O)C4(N)c2ccc(OC(C)C)cc2)C1. The molecule has 3 atom stereocenters. The molecule has 0 radical (unpaired) electrons. The minimum Gasteiger partial charge on any atom is -0.491 e. The van der Waals surface area contributed by atoms with Crippen LogP contribution >= 0.6 is 11.3 Å². The van der Waals surface area contributed by atoms with Gasteiger partial charge in [-0.1, -0.05) is 25.1 Å². The van der Waals surface area contributed by atoms with E-state index in [9.17, 15) is 14.4 Å². The number of likely N-dealkylation sites (tertiary alicyclic amines) is 1. The van der Waals surface area contributed by atoms with Gasteiger partial charge in [0, 0.05) is 42.2 Å². The number of ketones is 1. The summed E-state index contributed by atoms with van der Waals surface area (Å²) in [6, 6.07) is 9.31. The third-order valence-corrected chi connectivity index (χ3v) is 8.87. The van der Waals surface area contributed by atoms with E-state index >= 15 is 0 Å². The quantitative estimate of drug-likeness (QED) is 0.344. The number of hydrogen-bond donors (Lipinski definition) is 4. The van der Waals surface area contributed by atoms with Gasteiger partial charge in [0.25, 0.3) is 5.91 Å². The van der Waals surface area contributed by atoms with Crippen LogP contribution in [0.5, 0.6) is 5.75 Å². The Hall–Kier alpha value is -3.47. The molecule has 0 saturated carbocycles. The Kier molecular flexibility index (Phi) is 7.13. The van der Waals surface area contributed by atoms with Crippen LogP contribution in [0.15, 0.2) is 36.4 Å². The van der Waals surface area contributed by atoms with E-state index in [0.29, 0.717) is 62.6 Å². The summed E-state index contributed by atoms with van der Waals surface area (Å²) in [5, 5.41) is 3.74. The summed E-state index contributed by atoms with van der Waals surface area (Å²) in [7, 11) is 0. The van der Waals surface area contributed by atoms with E-state index in [-0.39, 0.29) is 24.0 Å². The fourth-order valence-electron chi connectivity index (χ4n) is 5.71. The number of thiophene rings is 1. The standard InChI is InChI=1S/C29H35N5O4S/c1-4-21(35)34-13-5-6-17(14-34)33-28(37)26-23-22-19(11-12-20(30)25(22)39-26)29(32,27(36)24(23)31)16-7-9-18(10-8-16)38-15(2)3/h7-12,15,17,24H,4-6,13-14,30-32H2,1-3H3,(H,33,37). The van der Waals surface area contributed by atoms with E-state index in [2.05, 4.69) is 5.32 Å². The van der Waals surface area contributed by atoms with E-state index in [0.717, 1.165) is 12.8 Å². The summed E-state index contributed by atoms with van der Waals surface area (Å²) >= 11 is 1.22. The monoisotopic (exact) mass is 549 g/mol. The molecule has 5 rings (SSSR count). The van der Waals surface area contributed by atoms with E-state index in [1.54, 1.807) is 41.3 Å². The third-order valence-electron chi connectivity index (χ3n) is 7.61. The molecular formula is C29H35N5O4S. The van der Waals surface area contributed by atoms with Gasteiger partial charge in [0.05, 0.1) is 21.7 Å². The maximum absolute atomic E-state index is 13.9. The molecule has 0 bridgehead atoms. The number of nitrogens with two attached hydrogens (primary N) is 3. The number of hydrogen-bond acceptors (Lipinski definition) is 8. The van der Waals surface area contributed by atoms with Gasteiger partial charge >= 0.3 is 0 Å². The van der Waals surface area contributed by atoms with Crippen molar-refractivity contribution in [2.45, 2.75) is 63.8 Å². The molecule has 1 aliphatic heterocycles. The highest BCUT2D eigenvalue weighted by molar-refractivity contribution is 7.21. The maximum atomic E-state index is 13.9. The summed E-state index contributed by atoms with van der Waals surface area (Å²) in [5.74, 6) is 0.0159. The number of ether oxygens (including phenoxy) is 1. The lowest BCUT2D eigenvalue weighted by atomic mass is 9.70. The van der Waals surface area contributed by atoms with Gasteiger partial charge in [0.1, 0.15) is 11.3 Å². The van der Waals surface area contributed by atoms with Crippen molar-refractivity contribution in [1.82, 2.24) is 10.2 Å². The van der Waals surface area contributed by atoms with Gasteiger partial charge in [-0.15, -0.1) is 11.3 Å². The zero-order valence-corrected chi connectivity index (χ0v) is 23.3. The highest BCUT2D eigenvalue weighted by Gasteiger charge is 2.48. The van der Waals surface area contributed by atoms with Crippen LogP contribution in [0.4, 0.5) is 5.69 Å². The van der Waals surface area contributed by atoms with Crippen molar-refractivity contribution in [2.24, 2.45) is 11.5 Å². The highest BCUT2D eigenvalue weighted by Crippen LogP contribution is 2.49. The molecule has 1 aromatic heterocycles. The lowest BCUT2D eigenvalue weighted by Crippen LogP contribution is -2.53. The Morgan fingerprint density at radius 3 is 2.59 bits per heavy atom. The summed E-state index contributed by atoms with van der Waals surface area (Å²) in [6.07, 6.45) is 2.00. The molecule has 3 aromatic rings. The third kappa shape index (κ3) is 4.56. The van der Waals surface area contributed by atoms with Gasteiger partial charge in [-0.2, -0.15) is 0 Å². The van der Waals surface area contributed by atoms with E-state index < -0.39 is 17.4 Å². The van der Waals surface area contributed by atoms with Crippen molar-refractivity contribution in [3.05, 3.63) is 58.0 Å². The number of Topliss-reactive ketones (excluding diaryl/α,β-unsaturated/α-hetero) is 1. The fraction of sp³-hybridized carbons (Fsp3) is 0.414. The predicted molar refractivity (Wildman–Crippen MR) is 153 cm³/mol. The zero-order chi connectivity index (χ0) is 28.1. The molecule has 9 nitrogen and oxygen atoms in total. The minimum atomic E-state index is -1.52. The number of anilines is 1. The van der Waals surface area contributed by atoms with Gasteiger partial charge in [-0.25, -0.2) is 0 Å². The number of carbonyl (C=O) groups excluding carboxylic acids is 3. The minimum absolute atomic E-state index is 0.00546. The van der Waals surface area contributed by atoms with Crippen LogP contribution in [0.1, 0.15) is 72.4 Å². The Bertz CT molecular complexity index is 1450. The number of nitrogens with zero attached hydrogens (tertiary/aromatic N) is 1. The molecule has 2 aromatic carbocycles. The lowest BCUT2D eigenvalue weighted by Gasteiger charge is -2.37. The van der Waals surface area contributed by atoms with Crippen LogP contribution < -0.4 is 27.3 Å². The molecule has 1 aliphatic carbocycles. The molecular weight excluding hydrogens is 514 g/mol. The van der Waals surface area contributed by atoms with Crippen molar-refractivity contribution in [2.75, 3.05) is 18.8 Å². The fourth-order valence-corrected chi connectivity index (χ4v) is 6.91. The van der Waals surface area contributed by atoms with Crippen LogP contribution in [0.2, 0.25) is 0 Å². The Morgan fingerprint density at radius 1 is 1.21 bits per heavy atom. The molecule has 39 heavy (non-hydrogen) atoms. The van der Waals surface area contributed by atoms with Crippen LogP contribution in [0.3, 0.4) is 0 Å². The first-order chi connectivity index (χ1) is 18.6. The molecule has 7 N–H and O–H groups in total. The first kappa shape index (κ1) is 27.1. The first-order valence-electron chi connectivity index (χ1n) is 13.4. The summed E-state index contributed by atoms with van der Waals surface area (Å²) in [4.78, 5) is 41.9. The van der Waals surface area contributed by atoms with Crippen LogP contribution in [0, 0.1) is 0 Å². The molecule has 2 heterocycles. The van der Waals surface area contributed by atoms with Crippen molar-refractivity contribution < 1.29 is 19.1 Å². The second kappa shape index (κ2) is 10.3. The number of amides is 2. The second-order valence-corrected chi connectivity index (χ2v) is 11.6. The topological polar surface area (TPSA) is 154 Å². The van der Waals surface area contributed by atoms with Gasteiger partial charge < -0.3 is 32.2 Å². The van der Waals surface area contributed by atoms with Crippen molar-refractivity contribution in [3.63, 3.8) is 0 Å². The number of benzene rings is 2. The highest BCUT2D eigenvalue weighted by atomic mass is 32.1. The van der Waals surface area contributed by atoms with E-state index in [1.165, 1.54) is 11.3 Å². The second-order valence-electron chi connectivity index (χ2n) is 10.6. The molecule has 206 valence electrons. The molecule has 3 unspecified atom stereocenters. The van der Waals surface area contributed by atoms with Crippen LogP contribution in [0.25, 0.3) is 10.1 Å². The molecule has 1 saturated heterocycles. The normalized spacial score (nSPS) is 22.8. The Balaban J connectivity index is 1.55. The molecule has 1 fully saturated rings.